The third kappa shape index (κ3) is 5.42. The van der Waals surface area contributed by atoms with Crippen molar-refractivity contribution in [3.05, 3.63) is 90.5 Å². The summed E-state index contributed by atoms with van der Waals surface area (Å²) in [5.74, 6) is 0.190. The summed E-state index contributed by atoms with van der Waals surface area (Å²) in [6.45, 7) is 7.85. The Bertz CT molecular complexity index is 1600. The van der Waals surface area contributed by atoms with Gasteiger partial charge in [-0.15, -0.1) is 0 Å². The van der Waals surface area contributed by atoms with Crippen LogP contribution < -0.4 is 5.73 Å². The van der Waals surface area contributed by atoms with Gasteiger partial charge in [0, 0.05) is 40.8 Å². The molecule has 4 aromatic heterocycles. The van der Waals surface area contributed by atoms with E-state index in [-0.39, 0.29) is 5.92 Å². The van der Waals surface area contributed by atoms with Crippen molar-refractivity contribution in [3.8, 4) is 33.6 Å². The number of carbonyl (C=O) groups is 1. The lowest BCUT2D eigenvalue weighted by molar-refractivity contribution is 0.0349. The van der Waals surface area contributed by atoms with E-state index in [2.05, 4.69) is 58.3 Å². The van der Waals surface area contributed by atoms with Gasteiger partial charge in [0.2, 0.25) is 0 Å². The fourth-order valence-corrected chi connectivity index (χ4v) is 5.01. The number of aromatic amines is 1. The molecule has 7 heteroatoms. The highest BCUT2D eigenvalue weighted by Crippen LogP contribution is 2.34. The topological polar surface area (TPSA) is 107 Å². The van der Waals surface area contributed by atoms with Crippen LogP contribution in [0.15, 0.2) is 79.3 Å². The van der Waals surface area contributed by atoms with Crippen molar-refractivity contribution in [2.45, 2.75) is 45.6 Å². The van der Waals surface area contributed by atoms with Crippen LogP contribution in [0.1, 0.15) is 44.4 Å². The van der Waals surface area contributed by atoms with Gasteiger partial charge >= 0.3 is 6.09 Å². The molecule has 0 aliphatic rings. The number of pyridine rings is 3. The normalized spacial score (nSPS) is 12.4. The number of aryl methyl sites for hydroxylation is 1. The van der Waals surface area contributed by atoms with Crippen molar-refractivity contribution in [2.24, 2.45) is 5.73 Å². The third-order valence-corrected chi connectivity index (χ3v) is 6.72. The number of nitrogens with two attached hydrogens (primary N) is 1. The molecule has 1 unspecified atom stereocenters. The van der Waals surface area contributed by atoms with E-state index < -0.39 is 11.7 Å². The van der Waals surface area contributed by atoms with E-state index in [9.17, 15) is 4.79 Å². The van der Waals surface area contributed by atoms with Crippen LogP contribution in [-0.2, 0) is 4.74 Å². The number of aromatic nitrogens is 4. The zero-order valence-electron chi connectivity index (χ0n) is 22.0. The molecule has 4 heterocycles. The molecule has 0 fully saturated rings. The standard InChI is InChI=1S/C31H31N5O2/c1-19(16-31(3,4)38-30(32)37)21-8-10-22(11-9-21)23-14-24(18-33-17-23)26-15-28(27-7-5-6-20(2)35-27)36-29-25(26)12-13-34-29/h5-15,17-19H,16H2,1-4H3,(H2,32,37)(H,34,36). The molecule has 0 radical (unpaired) electrons. The smallest absolute Gasteiger partial charge is 0.405 e. The largest absolute Gasteiger partial charge is 0.444 e. The molecule has 192 valence electrons. The maximum Gasteiger partial charge on any atom is 0.405 e. The van der Waals surface area contributed by atoms with Crippen molar-refractivity contribution >= 4 is 17.1 Å². The van der Waals surface area contributed by atoms with Crippen LogP contribution in [0.5, 0.6) is 0 Å². The quantitative estimate of drug-likeness (QED) is 0.247. The van der Waals surface area contributed by atoms with Gasteiger partial charge in [0.1, 0.15) is 11.2 Å². The highest BCUT2D eigenvalue weighted by atomic mass is 16.6. The first-order valence-electron chi connectivity index (χ1n) is 12.6. The highest BCUT2D eigenvalue weighted by molar-refractivity contribution is 5.95. The van der Waals surface area contributed by atoms with Gasteiger partial charge in [0.15, 0.2) is 0 Å². The molecule has 1 aromatic carbocycles. The third-order valence-electron chi connectivity index (χ3n) is 6.72. The van der Waals surface area contributed by atoms with Crippen LogP contribution >= 0.6 is 0 Å². The molecule has 0 aliphatic carbocycles. The lowest BCUT2D eigenvalue weighted by atomic mass is 9.88. The van der Waals surface area contributed by atoms with Gasteiger partial charge in [0.25, 0.3) is 0 Å². The number of ether oxygens (including phenoxy) is 1. The number of hydrogen-bond acceptors (Lipinski definition) is 5. The van der Waals surface area contributed by atoms with E-state index in [1.807, 2.05) is 63.6 Å². The minimum absolute atomic E-state index is 0.190. The zero-order chi connectivity index (χ0) is 26.9. The number of hydrogen-bond donors (Lipinski definition) is 2. The summed E-state index contributed by atoms with van der Waals surface area (Å²) in [6, 6.07) is 20.7. The second-order valence-corrected chi connectivity index (χ2v) is 10.3. The maximum atomic E-state index is 11.2. The molecule has 0 bridgehead atoms. The molecule has 5 rings (SSSR count). The number of benzene rings is 1. The van der Waals surface area contributed by atoms with Crippen molar-refractivity contribution in [2.75, 3.05) is 0 Å². The summed E-state index contributed by atoms with van der Waals surface area (Å²) < 4.78 is 5.27. The zero-order valence-corrected chi connectivity index (χ0v) is 22.0. The Hall–Kier alpha value is -4.52. The Labute approximate surface area is 222 Å². The number of nitrogens with zero attached hydrogens (tertiary/aromatic N) is 3. The Kier molecular flexibility index (Phi) is 6.68. The van der Waals surface area contributed by atoms with E-state index >= 15 is 0 Å². The first-order chi connectivity index (χ1) is 18.2. The average molecular weight is 506 g/mol. The first-order valence-corrected chi connectivity index (χ1v) is 12.6. The Morgan fingerprint density at radius 3 is 2.47 bits per heavy atom. The van der Waals surface area contributed by atoms with Crippen LogP contribution in [0.3, 0.4) is 0 Å². The molecule has 0 spiro atoms. The maximum absolute atomic E-state index is 11.2. The molecule has 38 heavy (non-hydrogen) atoms. The summed E-state index contributed by atoms with van der Waals surface area (Å²) in [5, 5.41) is 1.03. The number of primary amides is 1. The Morgan fingerprint density at radius 1 is 0.974 bits per heavy atom. The van der Waals surface area contributed by atoms with Crippen LogP contribution in [0, 0.1) is 6.92 Å². The van der Waals surface area contributed by atoms with Gasteiger partial charge < -0.3 is 15.5 Å². The number of fused-ring (bicyclic) bond motifs is 1. The van der Waals surface area contributed by atoms with E-state index in [0.29, 0.717) is 6.42 Å². The summed E-state index contributed by atoms with van der Waals surface area (Å²) in [4.78, 5) is 28.5. The van der Waals surface area contributed by atoms with Crippen LogP contribution in [0.4, 0.5) is 4.79 Å². The SMILES string of the molecule is Cc1cccc(-c2cc(-c3cncc(-c4ccc(C(C)CC(C)(C)OC(N)=O)cc4)c3)c3cc[nH]c3n2)n1. The van der Waals surface area contributed by atoms with Gasteiger partial charge in [-0.2, -0.15) is 0 Å². The highest BCUT2D eigenvalue weighted by Gasteiger charge is 2.25. The monoisotopic (exact) mass is 505 g/mol. The molecular formula is C31H31N5O2. The van der Waals surface area contributed by atoms with E-state index in [0.717, 1.165) is 55.9 Å². The van der Waals surface area contributed by atoms with E-state index in [4.69, 9.17) is 15.5 Å². The number of nitrogens with one attached hydrogen (secondary N) is 1. The molecular weight excluding hydrogens is 474 g/mol. The van der Waals surface area contributed by atoms with E-state index in [1.54, 1.807) is 0 Å². The first kappa shape index (κ1) is 25.1. The molecule has 1 atom stereocenters. The minimum atomic E-state index is -0.752. The van der Waals surface area contributed by atoms with Crippen molar-refractivity contribution in [1.82, 2.24) is 19.9 Å². The Balaban J connectivity index is 1.45. The van der Waals surface area contributed by atoms with Gasteiger partial charge in [-0.05, 0) is 80.1 Å². The number of rotatable bonds is 7. The van der Waals surface area contributed by atoms with Gasteiger partial charge in [-0.3, -0.25) is 9.97 Å². The molecule has 7 nitrogen and oxygen atoms in total. The lowest BCUT2D eigenvalue weighted by Gasteiger charge is -2.27. The van der Waals surface area contributed by atoms with Crippen LogP contribution in [0.25, 0.3) is 44.7 Å². The molecule has 0 saturated heterocycles. The van der Waals surface area contributed by atoms with Gasteiger partial charge in [-0.25, -0.2) is 9.78 Å². The van der Waals surface area contributed by atoms with Gasteiger partial charge in [0.05, 0.1) is 11.4 Å². The molecule has 1 amide bonds. The summed E-state index contributed by atoms with van der Waals surface area (Å²) in [5.41, 5.74) is 13.3. The molecule has 0 aliphatic heterocycles. The number of amides is 1. The fraction of sp³-hybridized carbons (Fsp3) is 0.226. The van der Waals surface area contributed by atoms with Crippen molar-refractivity contribution < 1.29 is 9.53 Å². The molecule has 0 saturated carbocycles. The molecule has 3 N–H and O–H groups in total. The molecule has 5 aromatic rings. The van der Waals surface area contributed by atoms with Gasteiger partial charge in [-0.1, -0.05) is 37.3 Å². The lowest BCUT2D eigenvalue weighted by Crippen LogP contribution is -2.32. The average Bonchev–Trinajstić information content (AvgIpc) is 3.36. The van der Waals surface area contributed by atoms with E-state index in [1.165, 1.54) is 0 Å². The Morgan fingerprint density at radius 2 is 1.74 bits per heavy atom. The summed E-state index contributed by atoms with van der Waals surface area (Å²) >= 11 is 0. The second-order valence-electron chi connectivity index (χ2n) is 10.3. The number of H-pyrrole nitrogens is 1. The van der Waals surface area contributed by atoms with Crippen molar-refractivity contribution in [1.29, 1.82) is 0 Å². The predicted molar refractivity (Wildman–Crippen MR) is 151 cm³/mol. The summed E-state index contributed by atoms with van der Waals surface area (Å²) in [6.07, 6.45) is 5.58. The summed E-state index contributed by atoms with van der Waals surface area (Å²) in [7, 11) is 0. The van der Waals surface area contributed by atoms with Crippen molar-refractivity contribution in [3.63, 3.8) is 0 Å². The second kappa shape index (κ2) is 10.1. The predicted octanol–water partition coefficient (Wildman–Crippen LogP) is 7.03. The van der Waals surface area contributed by atoms with Crippen LogP contribution in [0.2, 0.25) is 0 Å². The fourth-order valence-electron chi connectivity index (χ4n) is 5.01. The number of carbonyl (C=O) groups excluding carboxylic acids is 1. The minimum Gasteiger partial charge on any atom is -0.444 e. The van der Waals surface area contributed by atoms with Crippen LogP contribution in [-0.4, -0.2) is 31.6 Å².